The molecule has 1 aromatic carbocycles. The molecule has 0 aliphatic rings. The molecule has 0 aliphatic heterocycles. The highest BCUT2D eigenvalue weighted by atomic mass is 16.2. The number of hydrogen-bond acceptors (Lipinski definition) is 2. The van der Waals surface area contributed by atoms with Crippen molar-refractivity contribution in [2.75, 3.05) is 19.7 Å². The Labute approximate surface area is 123 Å². The van der Waals surface area contributed by atoms with E-state index in [1.54, 1.807) is 0 Å². The van der Waals surface area contributed by atoms with Crippen LogP contribution in [-0.4, -0.2) is 29.7 Å². The molecule has 1 N–H and O–H groups in total. The van der Waals surface area contributed by atoms with Crippen molar-refractivity contribution in [2.24, 2.45) is 5.92 Å². The first-order valence-corrected chi connectivity index (χ1v) is 7.60. The van der Waals surface area contributed by atoms with E-state index in [2.05, 4.69) is 55.7 Å². The lowest BCUT2D eigenvalue weighted by atomic mass is 10.1. The summed E-state index contributed by atoms with van der Waals surface area (Å²) in [7, 11) is 0. The molecule has 0 spiro atoms. The average molecular weight is 273 g/mol. The largest absolute Gasteiger partial charge is 0.395 e. The Kier molecular flexibility index (Phi) is 8.02. The molecule has 2 nitrogen and oxygen atoms in total. The normalized spacial score (nSPS) is 12.1. The van der Waals surface area contributed by atoms with Crippen molar-refractivity contribution in [3.63, 3.8) is 0 Å². The molecule has 2 heteroatoms. The van der Waals surface area contributed by atoms with Crippen molar-refractivity contribution < 1.29 is 5.11 Å². The quantitative estimate of drug-likeness (QED) is 0.771. The van der Waals surface area contributed by atoms with E-state index in [1.165, 1.54) is 12.0 Å². The van der Waals surface area contributed by atoms with E-state index >= 15 is 0 Å². The molecule has 0 fully saturated rings. The van der Waals surface area contributed by atoms with Gasteiger partial charge in [-0.15, -0.1) is 0 Å². The molecule has 0 saturated heterocycles. The van der Waals surface area contributed by atoms with Crippen LogP contribution in [0.25, 0.3) is 0 Å². The maximum absolute atomic E-state index is 8.75. The topological polar surface area (TPSA) is 23.5 Å². The van der Waals surface area contributed by atoms with Crippen LogP contribution in [0.15, 0.2) is 24.3 Å². The van der Waals surface area contributed by atoms with Gasteiger partial charge < -0.3 is 5.11 Å². The van der Waals surface area contributed by atoms with E-state index < -0.39 is 0 Å². The minimum Gasteiger partial charge on any atom is -0.395 e. The fourth-order valence-electron chi connectivity index (χ4n) is 2.10. The summed E-state index contributed by atoms with van der Waals surface area (Å²) in [4.78, 5) is 2.48. The van der Waals surface area contributed by atoms with Crippen molar-refractivity contribution in [2.45, 2.75) is 40.2 Å². The summed E-state index contributed by atoms with van der Waals surface area (Å²) in [5, 5.41) is 8.75. The van der Waals surface area contributed by atoms with Crippen LogP contribution < -0.4 is 0 Å². The Hall–Kier alpha value is -1.30. The van der Waals surface area contributed by atoms with Crippen molar-refractivity contribution in [1.82, 2.24) is 4.90 Å². The van der Waals surface area contributed by atoms with Crippen LogP contribution in [0.1, 0.15) is 44.7 Å². The number of rotatable bonds is 7. The van der Waals surface area contributed by atoms with Gasteiger partial charge in [0.1, 0.15) is 0 Å². The molecule has 1 atom stereocenters. The average Bonchev–Trinajstić information content (AvgIpc) is 2.47. The van der Waals surface area contributed by atoms with Crippen LogP contribution >= 0.6 is 0 Å². The predicted octanol–water partition coefficient (Wildman–Crippen LogP) is 3.29. The highest BCUT2D eigenvalue weighted by molar-refractivity contribution is 5.37. The van der Waals surface area contributed by atoms with E-state index in [1.807, 2.05) is 6.07 Å². The lowest BCUT2D eigenvalue weighted by Crippen LogP contribution is -2.27. The van der Waals surface area contributed by atoms with Crippen molar-refractivity contribution in [1.29, 1.82) is 0 Å². The molecular formula is C18H27NO. The van der Waals surface area contributed by atoms with Gasteiger partial charge in [-0.05, 0) is 30.2 Å². The van der Waals surface area contributed by atoms with E-state index in [0.29, 0.717) is 6.42 Å². The molecular weight excluding hydrogens is 246 g/mol. The first kappa shape index (κ1) is 16.8. The van der Waals surface area contributed by atoms with E-state index in [0.717, 1.165) is 31.1 Å². The molecule has 0 heterocycles. The summed E-state index contributed by atoms with van der Waals surface area (Å²) in [5.41, 5.74) is 2.35. The maximum Gasteiger partial charge on any atom is 0.0540 e. The Morgan fingerprint density at radius 1 is 1.30 bits per heavy atom. The van der Waals surface area contributed by atoms with Crippen LogP contribution in [0.3, 0.4) is 0 Å². The molecule has 1 rings (SSSR count). The zero-order valence-corrected chi connectivity index (χ0v) is 13.0. The Bertz CT molecular complexity index is 444. The highest BCUT2D eigenvalue weighted by Gasteiger charge is 2.08. The SMILES string of the molecule is CCC(C)CN(CC)Cc1cccc(C#CCCO)c1. The second-order valence-electron chi connectivity index (χ2n) is 5.32. The number of hydrogen-bond donors (Lipinski definition) is 1. The first-order chi connectivity index (χ1) is 9.69. The lowest BCUT2D eigenvalue weighted by Gasteiger charge is -2.23. The maximum atomic E-state index is 8.75. The summed E-state index contributed by atoms with van der Waals surface area (Å²) in [5.74, 6) is 6.81. The molecule has 0 bridgehead atoms. The molecule has 0 aromatic heterocycles. The molecule has 110 valence electrons. The van der Waals surface area contributed by atoms with Crippen molar-refractivity contribution >= 4 is 0 Å². The second-order valence-corrected chi connectivity index (χ2v) is 5.32. The number of aliphatic hydroxyl groups is 1. The molecule has 1 aromatic rings. The third kappa shape index (κ3) is 6.23. The smallest absolute Gasteiger partial charge is 0.0540 e. The summed E-state index contributed by atoms with van der Waals surface area (Å²) < 4.78 is 0. The highest BCUT2D eigenvalue weighted by Crippen LogP contribution is 2.11. The molecule has 0 amide bonds. The zero-order chi connectivity index (χ0) is 14.8. The predicted molar refractivity (Wildman–Crippen MR) is 85.4 cm³/mol. The zero-order valence-electron chi connectivity index (χ0n) is 13.0. The first-order valence-electron chi connectivity index (χ1n) is 7.60. The van der Waals surface area contributed by atoms with E-state index in [-0.39, 0.29) is 6.61 Å². The summed E-state index contributed by atoms with van der Waals surface area (Å²) in [6.07, 6.45) is 1.77. The second kappa shape index (κ2) is 9.58. The fourth-order valence-corrected chi connectivity index (χ4v) is 2.10. The van der Waals surface area contributed by atoms with Crippen LogP contribution in [0.2, 0.25) is 0 Å². The third-order valence-corrected chi connectivity index (χ3v) is 3.52. The minimum atomic E-state index is 0.130. The molecule has 20 heavy (non-hydrogen) atoms. The van der Waals surface area contributed by atoms with Gasteiger partial charge in [0.2, 0.25) is 0 Å². The van der Waals surface area contributed by atoms with Crippen LogP contribution in [0, 0.1) is 17.8 Å². The van der Waals surface area contributed by atoms with E-state index in [9.17, 15) is 0 Å². The van der Waals surface area contributed by atoms with Gasteiger partial charge >= 0.3 is 0 Å². The van der Waals surface area contributed by atoms with Gasteiger partial charge in [-0.1, -0.05) is 51.2 Å². The van der Waals surface area contributed by atoms with Gasteiger partial charge in [-0.25, -0.2) is 0 Å². The monoisotopic (exact) mass is 273 g/mol. The van der Waals surface area contributed by atoms with Gasteiger partial charge in [-0.3, -0.25) is 4.90 Å². The number of benzene rings is 1. The molecule has 1 unspecified atom stereocenters. The van der Waals surface area contributed by atoms with Gasteiger partial charge in [0.15, 0.2) is 0 Å². The molecule has 0 saturated carbocycles. The molecule has 0 aliphatic carbocycles. The summed E-state index contributed by atoms with van der Waals surface area (Å²) in [6, 6.07) is 8.41. The van der Waals surface area contributed by atoms with Crippen molar-refractivity contribution in [3.8, 4) is 11.8 Å². The molecule has 0 radical (unpaired) electrons. The standard InChI is InChI=1S/C18H27NO/c1-4-16(3)14-19(5-2)15-18-11-8-10-17(13-18)9-6-7-12-20/h8,10-11,13,16,20H,4-5,7,12,14-15H2,1-3H3. The lowest BCUT2D eigenvalue weighted by molar-refractivity contribution is 0.238. The van der Waals surface area contributed by atoms with Crippen LogP contribution in [-0.2, 0) is 6.54 Å². The van der Waals surface area contributed by atoms with Gasteiger partial charge in [0.25, 0.3) is 0 Å². The summed E-state index contributed by atoms with van der Waals surface area (Å²) in [6.45, 7) is 10.1. The van der Waals surface area contributed by atoms with E-state index in [4.69, 9.17) is 5.11 Å². The third-order valence-electron chi connectivity index (χ3n) is 3.52. The van der Waals surface area contributed by atoms with Crippen LogP contribution in [0.4, 0.5) is 0 Å². The Morgan fingerprint density at radius 3 is 2.75 bits per heavy atom. The van der Waals surface area contributed by atoms with Crippen molar-refractivity contribution in [3.05, 3.63) is 35.4 Å². The number of aliphatic hydroxyl groups excluding tert-OH is 1. The van der Waals surface area contributed by atoms with Gasteiger partial charge in [-0.2, -0.15) is 0 Å². The van der Waals surface area contributed by atoms with Gasteiger partial charge in [0.05, 0.1) is 6.61 Å². The number of nitrogens with zero attached hydrogens (tertiary/aromatic N) is 1. The minimum absolute atomic E-state index is 0.130. The summed E-state index contributed by atoms with van der Waals surface area (Å²) >= 11 is 0. The Morgan fingerprint density at radius 2 is 2.10 bits per heavy atom. The van der Waals surface area contributed by atoms with Gasteiger partial charge in [0, 0.05) is 25.1 Å². The van der Waals surface area contributed by atoms with Crippen LogP contribution in [0.5, 0.6) is 0 Å². The Balaban J connectivity index is 2.67. The fraction of sp³-hybridized carbons (Fsp3) is 0.556.